The SMILES string of the molecule is CN(C)c1cnn(CC(=O)NCCCCc2ccccn2)c(=O)c1. The molecule has 0 unspecified atom stereocenters. The first-order chi connectivity index (χ1) is 11.6. The van der Waals surface area contributed by atoms with Gasteiger partial charge in [-0.1, -0.05) is 6.07 Å². The lowest BCUT2D eigenvalue weighted by atomic mass is 10.2. The minimum Gasteiger partial charge on any atom is -0.376 e. The molecular formula is C17H23N5O2. The van der Waals surface area contributed by atoms with Crippen molar-refractivity contribution in [2.45, 2.75) is 25.8 Å². The second-order valence-electron chi connectivity index (χ2n) is 5.73. The van der Waals surface area contributed by atoms with Crippen molar-refractivity contribution in [2.24, 2.45) is 0 Å². The number of aromatic nitrogens is 3. The fourth-order valence-electron chi connectivity index (χ4n) is 2.18. The lowest BCUT2D eigenvalue weighted by molar-refractivity contribution is -0.121. The number of carbonyl (C=O) groups is 1. The van der Waals surface area contributed by atoms with E-state index in [9.17, 15) is 9.59 Å². The van der Waals surface area contributed by atoms with Crippen molar-refractivity contribution in [1.29, 1.82) is 0 Å². The number of aryl methyl sites for hydroxylation is 1. The van der Waals surface area contributed by atoms with Gasteiger partial charge < -0.3 is 10.2 Å². The number of pyridine rings is 1. The molecule has 0 bridgehead atoms. The van der Waals surface area contributed by atoms with E-state index in [-0.39, 0.29) is 18.0 Å². The molecule has 1 amide bonds. The Labute approximate surface area is 141 Å². The molecule has 7 heteroatoms. The Bertz CT molecular complexity index is 712. The van der Waals surface area contributed by atoms with Crippen LogP contribution < -0.4 is 15.8 Å². The maximum absolute atomic E-state index is 11.9. The van der Waals surface area contributed by atoms with Gasteiger partial charge in [-0.25, -0.2) is 4.68 Å². The molecule has 0 atom stereocenters. The highest BCUT2D eigenvalue weighted by atomic mass is 16.2. The number of carbonyl (C=O) groups excluding carboxylic acids is 1. The van der Waals surface area contributed by atoms with Gasteiger partial charge in [-0.05, 0) is 31.4 Å². The average molecular weight is 329 g/mol. The molecular weight excluding hydrogens is 306 g/mol. The second kappa shape index (κ2) is 8.81. The van der Waals surface area contributed by atoms with Crippen LogP contribution in [0, 0.1) is 0 Å². The Morgan fingerprint density at radius 3 is 2.79 bits per heavy atom. The summed E-state index contributed by atoms with van der Waals surface area (Å²) in [6, 6.07) is 7.32. The summed E-state index contributed by atoms with van der Waals surface area (Å²) in [4.78, 5) is 29.8. The molecule has 2 aromatic heterocycles. The Kier molecular flexibility index (Phi) is 6.48. The lowest BCUT2D eigenvalue weighted by Gasteiger charge is -2.12. The standard InChI is InChI=1S/C17H23N5O2/c1-21(2)15-11-17(24)22(20-12-15)13-16(23)19-10-6-4-8-14-7-3-5-9-18-14/h3,5,7,9,11-12H,4,6,8,10,13H2,1-2H3,(H,19,23). The number of anilines is 1. The van der Waals surface area contributed by atoms with Crippen molar-refractivity contribution in [1.82, 2.24) is 20.1 Å². The zero-order chi connectivity index (χ0) is 17.4. The van der Waals surface area contributed by atoms with E-state index in [2.05, 4.69) is 15.4 Å². The molecule has 128 valence electrons. The van der Waals surface area contributed by atoms with Crippen LogP contribution in [0.2, 0.25) is 0 Å². The molecule has 0 aliphatic rings. The number of hydrogen-bond donors (Lipinski definition) is 1. The molecule has 0 saturated heterocycles. The van der Waals surface area contributed by atoms with Crippen LogP contribution in [0.3, 0.4) is 0 Å². The third-order valence-corrected chi connectivity index (χ3v) is 3.57. The molecule has 7 nitrogen and oxygen atoms in total. The van der Waals surface area contributed by atoms with Crippen LogP contribution in [0.1, 0.15) is 18.5 Å². The molecule has 2 aromatic rings. The third kappa shape index (κ3) is 5.49. The van der Waals surface area contributed by atoms with Crippen LogP contribution >= 0.6 is 0 Å². The van der Waals surface area contributed by atoms with Gasteiger partial charge in [-0.3, -0.25) is 14.6 Å². The summed E-state index contributed by atoms with van der Waals surface area (Å²) in [7, 11) is 3.66. The molecule has 24 heavy (non-hydrogen) atoms. The summed E-state index contributed by atoms with van der Waals surface area (Å²) in [5, 5.41) is 6.83. The van der Waals surface area contributed by atoms with Gasteiger partial charge in [0.15, 0.2) is 0 Å². The van der Waals surface area contributed by atoms with Crippen LogP contribution in [-0.2, 0) is 17.8 Å². The highest BCUT2D eigenvalue weighted by Crippen LogP contribution is 2.03. The molecule has 2 heterocycles. The molecule has 0 radical (unpaired) electrons. The summed E-state index contributed by atoms with van der Waals surface area (Å²) in [6.45, 7) is 0.517. The molecule has 1 N–H and O–H groups in total. The quantitative estimate of drug-likeness (QED) is 0.726. The Morgan fingerprint density at radius 2 is 2.12 bits per heavy atom. The Morgan fingerprint density at radius 1 is 1.29 bits per heavy atom. The predicted octanol–water partition coefficient (Wildman–Crippen LogP) is 0.843. The van der Waals surface area contributed by atoms with Gasteiger partial charge >= 0.3 is 0 Å². The van der Waals surface area contributed by atoms with Gasteiger partial charge in [-0.15, -0.1) is 0 Å². The highest BCUT2D eigenvalue weighted by Gasteiger charge is 2.06. The van der Waals surface area contributed by atoms with Crippen LogP contribution in [0.4, 0.5) is 5.69 Å². The zero-order valence-electron chi connectivity index (χ0n) is 14.1. The molecule has 0 spiro atoms. The van der Waals surface area contributed by atoms with Gasteiger partial charge in [0.25, 0.3) is 5.56 Å². The zero-order valence-corrected chi connectivity index (χ0v) is 14.1. The van der Waals surface area contributed by atoms with Gasteiger partial charge in [0.05, 0.1) is 11.9 Å². The van der Waals surface area contributed by atoms with E-state index < -0.39 is 0 Å². The molecule has 0 aromatic carbocycles. The summed E-state index contributed by atoms with van der Waals surface area (Å²) < 4.78 is 1.16. The molecule has 0 fully saturated rings. The number of nitrogens with zero attached hydrogens (tertiary/aromatic N) is 4. The molecule has 0 aliphatic carbocycles. The normalized spacial score (nSPS) is 10.4. The second-order valence-corrected chi connectivity index (χ2v) is 5.73. The van der Waals surface area contributed by atoms with E-state index in [0.717, 1.165) is 29.6 Å². The van der Waals surface area contributed by atoms with E-state index in [0.29, 0.717) is 12.2 Å². The number of amides is 1. The fourth-order valence-corrected chi connectivity index (χ4v) is 2.18. The fraction of sp³-hybridized carbons (Fsp3) is 0.412. The van der Waals surface area contributed by atoms with Crippen molar-refractivity contribution >= 4 is 11.6 Å². The maximum Gasteiger partial charge on any atom is 0.269 e. The van der Waals surface area contributed by atoms with Crippen molar-refractivity contribution in [3.05, 3.63) is 52.7 Å². The first kappa shape index (κ1) is 17.7. The van der Waals surface area contributed by atoms with E-state index in [1.165, 1.54) is 6.07 Å². The third-order valence-electron chi connectivity index (χ3n) is 3.57. The minimum absolute atomic E-state index is 0.0627. The smallest absolute Gasteiger partial charge is 0.269 e. The predicted molar refractivity (Wildman–Crippen MR) is 93.0 cm³/mol. The van der Waals surface area contributed by atoms with E-state index in [4.69, 9.17) is 0 Å². The lowest BCUT2D eigenvalue weighted by Crippen LogP contribution is -2.34. The monoisotopic (exact) mass is 329 g/mol. The van der Waals surface area contributed by atoms with Crippen LogP contribution in [0.25, 0.3) is 0 Å². The average Bonchev–Trinajstić information content (AvgIpc) is 2.57. The van der Waals surface area contributed by atoms with Crippen molar-refractivity contribution < 1.29 is 4.79 Å². The van der Waals surface area contributed by atoms with Gasteiger partial charge in [0.2, 0.25) is 5.91 Å². The summed E-state index contributed by atoms with van der Waals surface area (Å²) in [5.74, 6) is -0.208. The first-order valence-electron chi connectivity index (χ1n) is 7.97. The summed E-state index contributed by atoms with van der Waals surface area (Å²) in [6.07, 6.45) is 6.06. The van der Waals surface area contributed by atoms with Gasteiger partial charge in [0, 0.05) is 38.6 Å². The maximum atomic E-state index is 11.9. The molecule has 0 saturated carbocycles. The van der Waals surface area contributed by atoms with E-state index in [1.807, 2.05) is 32.3 Å². The van der Waals surface area contributed by atoms with Crippen LogP contribution in [0.15, 0.2) is 41.5 Å². The molecule has 0 aliphatic heterocycles. The Balaban J connectivity index is 1.71. The number of hydrogen-bond acceptors (Lipinski definition) is 5. The summed E-state index contributed by atoms with van der Waals surface area (Å²) in [5.41, 5.74) is 1.48. The molecule has 2 rings (SSSR count). The van der Waals surface area contributed by atoms with Gasteiger partial charge in [-0.2, -0.15) is 5.10 Å². The number of rotatable bonds is 8. The Hall–Kier alpha value is -2.70. The van der Waals surface area contributed by atoms with Gasteiger partial charge in [0.1, 0.15) is 6.54 Å². The van der Waals surface area contributed by atoms with E-state index >= 15 is 0 Å². The first-order valence-corrected chi connectivity index (χ1v) is 7.97. The highest BCUT2D eigenvalue weighted by molar-refractivity contribution is 5.75. The van der Waals surface area contributed by atoms with Crippen LogP contribution in [0.5, 0.6) is 0 Å². The number of unbranched alkanes of at least 4 members (excludes halogenated alkanes) is 1. The van der Waals surface area contributed by atoms with Crippen LogP contribution in [-0.4, -0.2) is 41.3 Å². The number of nitrogens with one attached hydrogen (secondary N) is 1. The van der Waals surface area contributed by atoms with Crippen molar-refractivity contribution in [2.75, 3.05) is 25.5 Å². The largest absolute Gasteiger partial charge is 0.376 e. The minimum atomic E-state index is -0.286. The van der Waals surface area contributed by atoms with Crippen molar-refractivity contribution in [3.8, 4) is 0 Å². The van der Waals surface area contributed by atoms with Crippen molar-refractivity contribution in [3.63, 3.8) is 0 Å². The topological polar surface area (TPSA) is 80.1 Å². The summed E-state index contributed by atoms with van der Waals surface area (Å²) >= 11 is 0. The van der Waals surface area contributed by atoms with E-state index in [1.54, 1.807) is 17.3 Å².